The minimum absolute atomic E-state index is 0.0618. The third kappa shape index (κ3) is 18.8. The summed E-state index contributed by atoms with van der Waals surface area (Å²) in [6.07, 6.45) is 15.4. The number of carbonyl (C=O) groups is 11. The number of amides is 6. The second-order valence-electron chi connectivity index (χ2n) is 23.0. The average molecular weight is 1350 g/mol. The lowest BCUT2D eigenvalue weighted by Gasteiger charge is -2.15. The van der Waals surface area contributed by atoms with E-state index in [1.54, 1.807) is 0 Å². The van der Waals surface area contributed by atoms with E-state index in [1.807, 2.05) is 59.2 Å². The van der Waals surface area contributed by atoms with E-state index in [2.05, 4.69) is 99.3 Å². The molecule has 93 heavy (non-hydrogen) atoms. The monoisotopic (exact) mass is 1350 g/mol. The van der Waals surface area contributed by atoms with Crippen molar-refractivity contribution in [3.05, 3.63) is 96.1 Å². The van der Waals surface area contributed by atoms with Gasteiger partial charge in [-0.15, -0.1) is 50.4 Å². The summed E-state index contributed by atoms with van der Waals surface area (Å²) in [4.78, 5) is 139. The molecule has 0 N–H and O–H groups in total. The number of fused-ring (bicyclic) bond motifs is 10. The van der Waals surface area contributed by atoms with E-state index < -0.39 is 47.6 Å². The Labute approximate surface area is 553 Å². The van der Waals surface area contributed by atoms with Crippen LogP contribution in [0.2, 0.25) is 0 Å². The van der Waals surface area contributed by atoms with Gasteiger partial charge in [0.15, 0.2) is 0 Å². The fraction of sp³-hybridized carbons (Fsp3) is 0.435. The Hall–Kier alpha value is -8.19. The fourth-order valence-corrected chi connectivity index (χ4v) is 16.5. The van der Waals surface area contributed by atoms with Crippen LogP contribution < -0.4 is 0 Å². The Bertz CT molecular complexity index is 3940. The van der Waals surface area contributed by atoms with Crippen molar-refractivity contribution < 1.29 is 81.5 Å². The molecule has 0 saturated carbocycles. The summed E-state index contributed by atoms with van der Waals surface area (Å²) in [7, 11) is 0. The SMILES string of the molecule is CC(OC(=O)CCCCCCCCCCC(=O)ON1C(=O)CCC1=O)c1ccc2c(c1)sc1c3ccccc3sc21.CC(OC(=O)CCCCCCCCCCOC=O)c1ccc2c(c1)sc1c3ccccc3sc21.O=C(ON1C(=O)CCC1=O)ON1C(=O)CCC1=O. The van der Waals surface area contributed by atoms with Crippen molar-refractivity contribution >= 4 is 170 Å². The van der Waals surface area contributed by atoms with Gasteiger partial charge in [0.05, 0.1) is 25.4 Å². The molecule has 3 saturated heterocycles. The van der Waals surface area contributed by atoms with Crippen LogP contribution in [0.4, 0.5) is 4.79 Å². The number of hydrogen-bond donors (Lipinski definition) is 0. The van der Waals surface area contributed by atoms with Gasteiger partial charge < -0.3 is 19.0 Å². The first kappa shape index (κ1) is 69.2. The van der Waals surface area contributed by atoms with Crippen molar-refractivity contribution in [2.45, 2.75) is 187 Å². The molecule has 6 amide bonds. The second kappa shape index (κ2) is 34.1. The second-order valence-corrected chi connectivity index (χ2v) is 27.2. The molecular weight excluding hydrogens is 1270 g/mol. The standard InChI is InChI=1S/C32H35NO6S2.C28H32O4S2.C9H8N2O7/c1-21(22-16-17-24-26(20-22)41-31-23-12-10-11-13-25(23)40-32(24)31)38-29(36)14-8-6-4-2-3-5-7-9-15-30(37)39-33-27(34)18-19-28(33)35;1-20(32-26(30)14-8-6-4-2-3-5-7-11-17-31-19-29)21-15-16-23-25(18-21)34-27-22-12-9-10-13-24(22)33-28(23)27;12-5-1-2-6(13)10(5)17-9(16)18-11-7(14)3-4-8(11)15/h10-13,16-17,20-21H,2-9,14-15,18-19H2,1H3;9-10,12-13,15-16,18-20H,2-8,11,14,17H2,1H3;1-4H2. The zero-order valence-corrected chi connectivity index (χ0v) is 55.4. The number of unbranched alkanes of at least 4 members (excludes halogenated alkanes) is 14. The minimum Gasteiger partial charge on any atom is -0.468 e. The van der Waals surface area contributed by atoms with Crippen LogP contribution in [0, 0.1) is 0 Å². The van der Waals surface area contributed by atoms with E-state index in [0.717, 1.165) is 88.2 Å². The van der Waals surface area contributed by atoms with Gasteiger partial charge in [0, 0.05) is 98.1 Å². The van der Waals surface area contributed by atoms with Crippen LogP contribution in [-0.4, -0.2) is 87.8 Å². The summed E-state index contributed by atoms with van der Waals surface area (Å²) < 4.78 is 26.7. The van der Waals surface area contributed by atoms with E-state index in [1.165, 1.54) is 78.4 Å². The maximum atomic E-state index is 12.4. The topological polar surface area (TPSA) is 253 Å². The highest BCUT2D eigenvalue weighted by atomic mass is 32.1. The molecule has 2 atom stereocenters. The van der Waals surface area contributed by atoms with Gasteiger partial charge >= 0.3 is 24.1 Å². The number of ether oxygens (including phenoxy) is 3. The van der Waals surface area contributed by atoms with Crippen molar-refractivity contribution in [1.29, 1.82) is 0 Å². The summed E-state index contributed by atoms with van der Waals surface area (Å²) in [6.45, 7) is 4.94. The van der Waals surface area contributed by atoms with E-state index >= 15 is 0 Å². The van der Waals surface area contributed by atoms with Crippen LogP contribution in [0.5, 0.6) is 0 Å². The summed E-state index contributed by atoms with van der Waals surface area (Å²) in [5.74, 6) is -4.43. The molecule has 3 aliphatic heterocycles. The predicted molar refractivity (Wildman–Crippen MR) is 355 cm³/mol. The maximum Gasteiger partial charge on any atom is 0.560 e. The number of benzene rings is 4. The van der Waals surface area contributed by atoms with Gasteiger partial charge in [-0.2, -0.15) is 4.79 Å². The smallest absolute Gasteiger partial charge is 0.468 e. The summed E-state index contributed by atoms with van der Waals surface area (Å²) in [6, 6.07) is 30.0. The van der Waals surface area contributed by atoms with Gasteiger partial charge in [-0.1, -0.05) is 148 Å². The number of hydrogen-bond acceptors (Lipinski definition) is 21. The summed E-state index contributed by atoms with van der Waals surface area (Å²) >= 11 is 7.32. The molecule has 0 radical (unpaired) electrons. The Morgan fingerprint density at radius 1 is 0.398 bits per heavy atom. The number of rotatable bonds is 30. The quantitative estimate of drug-likeness (QED) is 0.0133. The lowest BCUT2D eigenvalue weighted by atomic mass is 10.1. The number of hydroxylamine groups is 6. The first-order valence-corrected chi connectivity index (χ1v) is 35.1. The van der Waals surface area contributed by atoms with Crippen molar-refractivity contribution in [3.8, 4) is 0 Å². The Balaban J connectivity index is 0.000000176. The van der Waals surface area contributed by atoms with E-state index in [-0.39, 0.29) is 79.2 Å². The molecule has 0 spiro atoms. The van der Waals surface area contributed by atoms with Crippen LogP contribution in [0.25, 0.3) is 59.1 Å². The number of thiophene rings is 4. The van der Waals surface area contributed by atoms with E-state index in [4.69, 9.17) is 14.3 Å². The zero-order valence-electron chi connectivity index (χ0n) is 52.1. The third-order valence-corrected chi connectivity index (χ3v) is 21.1. The Kier molecular flexibility index (Phi) is 25.4. The van der Waals surface area contributed by atoms with Crippen LogP contribution >= 0.6 is 45.3 Å². The van der Waals surface area contributed by atoms with Gasteiger partial charge in [0.2, 0.25) is 0 Å². The number of esters is 2. The number of imide groups is 3. The zero-order chi connectivity index (χ0) is 65.8. The molecule has 2 unspecified atom stereocenters. The highest BCUT2D eigenvalue weighted by Crippen LogP contribution is 2.46. The summed E-state index contributed by atoms with van der Waals surface area (Å²) in [5.41, 5.74) is 2.08. The minimum atomic E-state index is -1.48. The van der Waals surface area contributed by atoms with Crippen LogP contribution in [0.15, 0.2) is 84.9 Å². The van der Waals surface area contributed by atoms with Gasteiger partial charge in [0.1, 0.15) is 12.2 Å². The lowest BCUT2D eigenvalue weighted by molar-refractivity contribution is -0.198. The predicted octanol–water partition coefficient (Wildman–Crippen LogP) is 16.2. The molecule has 0 bridgehead atoms. The van der Waals surface area contributed by atoms with Gasteiger partial charge in [-0.05, 0) is 74.9 Å². The first-order chi connectivity index (χ1) is 45.1. The third-order valence-electron chi connectivity index (χ3n) is 16.1. The molecule has 7 heterocycles. The van der Waals surface area contributed by atoms with Crippen molar-refractivity contribution in [2.75, 3.05) is 6.61 Å². The van der Waals surface area contributed by atoms with Crippen LogP contribution in [0.1, 0.15) is 198 Å². The molecule has 20 nitrogen and oxygen atoms in total. The van der Waals surface area contributed by atoms with Gasteiger partial charge in [-0.25, -0.2) is 4.79 Å². The molecule has 11 rings (SSSR count). The van der Waals surface area contributed by atoms with Crippen LogP contribution in [-0.2, 0) is 76.7 Å². The molecular formula is C69H75N3O17S4. The molecule has 24 heteroatoms. The molecule has 0 aliphatic carbocycles. The number of nitrogens with zero attached hydrogens (tertiary/aromatic N) is 3. The fourth-order valence-electron chi connectivity index (χ4n) is 11.0. The van der Waals surface area contributed by atoms with Crippen molar-refractivity contribution in [3.63, 3.8) is 0 Å². The normalized spacial score (nSPS) is 14.7. The van der Waals surface area contributed by atoms with Gasteiger partial charge in [0.25, 0.3) is 41.9 Å². The first-order valence-electron chi connectivity index (χ1n) is 31.9. The molecule has 3 aliphatic rings. The maximum absolute atomic E-state index is 12.4. The Morgan fingerprint density at radius 3 is 1.09 bits per heavy atom. The van der Waals surface area contributed by atoms with Crippen molar-refractivity contribution in [1.82, 2.24) is 15.2 Å². The molecule has 492 valence electrons. The van der Waals surface area contributed by atoms with E-state index in [9.17, 15) is 52.7 Å². The largest absolute Gasteiger partial charge is 0.560 e. The summed E-state index contributed by atoms with van der Waals surface area (Å²) in [5, 5.41) is 6.31. The van der Waals surface area contributed by atoms with Crippen molar-refractivity contribution in [2.24, 2.45) is 0 Å². The molecule has 4 aromatic carbocycles. The van der Waals surface area contributed by atoms with Gasteiger partial charge in [-0.3, -0.25) is 52.8 Å². The highest BCUT2D eigenvalue weighted by molar-refractivity contribution is 7.37. The van der Waals surface area contributed by atoms with E-state index in [0.29, 0.717) is 37.4 Å². The van der Waals surface area contributed by atoms with Crippen LogP contribution in [0.3, 0.4) is 0 Å². The molecule has 4 aromatic heterocycles. The average Bonchev–Trinajstić information content (AvgIpc) is 1.62. The lowest BCUT2D eigenvalue weighted by Crippen LogP contribution is -2.37. The molecule has 3 fully saturated rings. The Morgan fingerprint density at radius 2 is 0.710 bits per heavy atom. The highest BCUT2D eigenvalue weighted by Gasteiger charge is 2.38. The number of carbonyl (C=O) groups excluding carboxylic acids is 11. The molecule has 8 aromatic rings.